The first kappa shape index (κ1) is 19.2. The molecule has 1 saturated carbocycles. The van der Waals surface area contributed by atoms with E-state index in [4.69, 9.17) is 0 Å². The average Bonchev–Trinajstić information content (AvgIpc) is 2.74. The molecule has 152 valence electrons. The fourth-order valence-corrected chi connectivity index (χ4v) is 5.29. The Labute approximate surface area is 166 Å². The highest BCUT2D eigenvalue weighted by Gasteiger charge is 2.37. The molecule has 1 aliphatic carbocycles. The molecule has 4 rings (SSSR count). The van der Waals surface area contributed by atoms with E-state index >= 15 is 0 Å². The Bertz CT molecular complexity index is 698. The Morgan fingerprint density at radius 1 is 1.04 bits per heavy atom. The molecule has 28 heavy (non-hydrogen) atoms. The minimum Gasteiger partial charge on any atom is -0.360 e. The number of nitro groups is 1. The molecule has 2 saturated heterocycles. The molecule has 2 heterocycles. The van der Waals surface area contributed by atoms with Crippen molar-refractivity contribution in [1.29, 1.82) is 0 Å². The van der Waals surface area contributed by atoms with E-state index in [1.807, 2.05) is 12.1 Å². The standard InChI is InChI=1S/C21H30N4O3/c26-21(24-11-3-5-17-4-1-2-6-20(17)24)16-22-12-14-23(15-13-22)18-7-9-19(10-8-18)25(27)28/h7-10,17,20H,1-6,11-16H2/p+1/t17-,20-/m0/s1. The molecule has 1 aromatic rings. The predicted molar refractivity (Wildman–Crippen MR) is 108 cm³/mol. The maximum Gasteiger partial charge on any atom is 0.278 e. The van der Waals surface area contributed by atoms with Crippen LogP contribution in [0.5, 0.6) is 0 Å². The number of hydrogen-bond donors (Lipinski definition) is 1. The zero-order valence-corrected chi connectivity index (χ0v) is 16.5. The number of carbonyl (C=O) groups is 1. The number of nitro benzene ring substituents is 1. The van der Waals surface area contributed by atoms with Gasteiger partial charge in [0.1, 0.15) is 0 Å². The Balaban J connectivity index is 1.29. The summed E-state index contributed by atoms with van der Waals surface area (Å²) in [7, 11) is 0. The maximum absolute atomic E-state index is 13.0. The summed E-state index contributed by atoms with van der Waals surface area (Å²) >= 11 is 0. The minimum absolute atomic E-state index is 0.126. The van der Waals surface area contributed by atoms with Crippen LogP contribution < -0.4 is 9.80 Å². The molecule has 2 atom stereocenters. The van der Waals surface area contributed by atoms with Gasteiger partial charge in [0.05, 0.1) is 31.1 Å². The number of non-ortho nitro benzene ring substituents is 1. The van der Waals surface area contributed by atoms with Crippen molar-refractivity contribution in [3.63, 3.8) is 0 Å². The second-order valence-corrected chi connectivity index (χ2v) is 8.53. The van der Waals surface area contributed by atoms with Gasteiger partial charge in [-0.25, -0.2) is 0 Å². The van der Waals surface area contributed by atoms with Crippen molar-refractivity contribution >= 4 is 17.3 Å². The smallest absolute Gasteiger partial charge is 0.278 e. The van der Waals surface area contributed by atoms with Gasteiger partial charge in [0, 0.05) is 30.4 Å². The SMILES string of the molecule is O=C(C[NH+]1CCN(c2ccc([N+](=O)[O-])cc2)CC1)N1CCC[C@@H]2CCCC[C@@H]21. The predicted octanol–water partition coefficient (Wildman–Crippen LogP) is 1.48. The molecule has 0 unspecified atom stereocenters. The molecule has 3 aliphatic rings. The Hall–Kier alpha value is -2.15. The lowest BCUT2D eigenvalue weighted by Gasteiger charge is -2.44. The quantitative estimate of drug-likeness (QED) is 0.628. The van der Waals surface area contributed by atoms with Crippen LogP contribution in [0.1, 0.15) is 38.5 Å². The number of amides is 1. The molecule has 0 bridgehead atoms. The van der Waals surface area contributed by atoms with Crippen molar-refractivity contribution < 1.29 is 14.6 Å². The van der Waals surface area contributed by atoms with Gasteiger partial charge >= 0.3 is 0 Å². The summed E-state index contributed by atoms with van der Waals surface area (Å²) in [5.74, 6) is 1.08. The maximum atomic E-state index is 13.0. The fraction of sp³-hybridized carbons (Fsp3) is 0.667. The number of anilines is 1. The van der Waals surface area contributed by atoms with Crippen LogP contribution in [0.15, 0.2) is 24.3 Å². The minimum atomic E-state index is -0.366. The number of nitrogens with one attached hydrogen (secondary N) is 1. The van der Waals surface area contributed by atoms with Gasteiger partial charge < -0.3 is 14.7 Å². The third-order valence-corrected chi connectivity index (χ3v) is 6.86. The van der Waals surface area contributed by atoms with Gasteiger partial charge in [0.15, 0.2) is 6.54 Å². The van der Waals surface area contributed by atoms with E-state index in [0.717, 1.165) is 50.7 Å². The van der Waals surface area contributed by atoms with E-state index in [-0.39, 0.29) is 10.6 Å². The van der Waals surface area contributed by atoms with Crippen molar-refractivity contribution in [2.75, 3.05) is 44.2 Å². The van der Waals surface area contributed by atoms with Crippen molar-refractivity contribution in [2.45, 2.75) is 44.6 Å². The van der Waals surface area contributed by atoms with Crippen LogP contribution in [0.3, 0.4) is 0 Å². The molecule has 2 aliphatic heterocycles. The van der Waals surface area contributed by atoms with Crippen LogP contribution in [0.4, 0.5) is 11.4 Å². The normalized spacial score (nSPS) is 26.0. The van der Waals surface area contributed by atoms with E-state index in [0.29, 0.717) is 18.5 Å². The molecule has 0 aromatic heterocycles. The number of piperidine rings is 1. The number of benzene rings is 1. The zero-order valence-electron chi connectivity index (χ0n) is 16.5. The lowest BCUT2D eigenvalue weighted by Crippen LogP contribution is -3.16. The van der Waals surface area contributed by atoms with Crippen LogP contribution in [0.2, 0.25) is 0 Å². The van der Waals surface area contributed by atoms with E-state index in [1.54, 1.807) is 12.1 Å². The second kappa shape index (κ2) is 8.47. The van der Waals surface area contributed by atoms with Gasteiger partial charge in [-0.15, -0.1) is 0 Å². The topological polar surface area (TPSA) is 71.1 Å². The largest absolute Gasteiger partial charge is 0.360 e. The van der Waals surface area contributed by atoms with Gasteiger partial charge in [-0.3, -0.25) is 14.9 Å². The highest BCUT2D eigenvalue weighted by Crippen LogP contribution is 2.35. The Kier molecular flexibility index (Phi) is 5.80. The van der Waals surface area contributed by atoms with E-state index in [1.165, 1.54) is 37.0 Å². The third-order valence-electron chi connectivity index (χ3n) is 6.86. The highest BCUT2D eigenvalue weighted by molar-refractivity contribution is 5.77. The average molecular weight is 388 g/mol. The molecule has 1 aromatic carbocycles. The first-order valence-corrected chi connectivity index (χ1v) is 10.7. The Morgan fingerprint density at radius 3 is 2.43 bits per heavy atom. The van der Waals surface area contributed by atoms with Crippen molar-refractivity contribution in [3.05, 3.63) is 34.4 Å². The summed E-state index contributed by atoms with van der Waals surface area (Å²) in [6, 6.07) is 7.27. The van der Waals surface area contributed by atoms with E-state index in [9.17, 15) is 14.9 Å². The van der Waals surface area contributed by atoms with Gasteiger partial charge in [0.25, 0.3) is 11.6 Å². The van der Waals surface area contributed by atoms with Crippen LogP contribution in [-0.2, 0) is 4.79 Å². The number of fused-ring (bicyclic) bond motifs is 1. The highest BCUT2D eigenvalue weighted by atomic mass is 16.6. The van der Waals surface area contributed by atoms with Gasteiger partial charge in [-0.05, 0) is 43.7 Å². The van der Waals surface area contributed by atoms with Crippen LogP contribution in [0.25, 0.3) is 0 Å². The molecular weight excluding hydrogens is 356 g/mol. The van der Waals surface area contributed by atoms with Gasteiger partial charge in [-0.2, -0.15) is 0 Å². The number of piperazine rings is 1. The third kappa shape index (κ3) is 4.14. The van der Waals surface area contributed by atoms with Gasteiger partial charge in [-0.1, -0.05) is 12.8 Å². The number of carbonyl (C=O) groups excluding carboxylic acids is 1. The van der Waals surface area contributed by atoms with Gasteiger partial charge in [0.2, 0.25) is 0 Å². The number of rotatable bonds is 4. The summed E-state index contributed by atoms with van der Waals surface area (Å²) in [5.41, 5.74) is 1.15. The first-order valence-electron chi connectivity index (χ1n) is 10.7. The summed E-state index contributed by atoms with van der Waals surface area (Å²) in [4.78, 5) is 29.3. The molecule has 1 N–H and O–H groups in total. The molecular formula is C21H31N4O3+. The Morgan fingerprint density at radius 2 is 1.71 bits per heavy atom. The van der Waals surface area contributed by atoms with Crippen LogP contribution >= 0.6 is 0 Å². The molecule has 1 amide bonds. The summed E-state index contributed by atoms with van der Waals surface area (Å²) in [6.45, 7) is 5.19. The van der Waals surface area contributed by atoms with Crippen molar-refractivity contribution in [2.24, 2.45) is 5.92 Å². The lowest BCUT2D eigenvalue weighted by atomic mass is 9.78. The number of nitrogens with zero attached hydrogens (tertiary/aromatic N) is 3. The fourth-order valence-electron chi connectivity index (χ4n) is 5.29. The number of hydrogen-bond acceptors (Lipinski definition) is 4. The second-order valence-electron chi connectivity index (χ2n) is 8.53. The summed E-state index contributed by atoms with van der Waals surface area (Å²) < 4.78 is 0. The molecule has 3 fully saturated rings. The first-order chi connectivity index (χ1) is 13.6. The van der Waals surface area contributed by atoms with E-state index in [2.05, 4.69) is 9.80 Å². The molecule has 0 radical (unpaired) electrons. The number of quaternary nitrogens is 1. The lowest BCUT2D eigenvalue weighted by molar-refractivity contribution is -0.892. The van der Waals surface area contributed by atoms with Crippen molar-refractivity contribution in [1.82, 2.24) is 4.90 Å². The van der Waals surface area contributed by atoms with Crippen LogP contribution in [-0.4, -0.2) is 61.0 Å². The van der Waals surface area contributed by atoms with E-state index < -0.39 is 0 Å². The number of likely N-dealkylation sites (tertiary alicyclic amines) is 1. The molecule has 0 spiro atoms. The molecule has 7 nitrogen and oxygen atoms in total. The summed E-state index contributed by atoms with van der Waals surface area (Å²) in [6.07, 6.45) is 7.56. The van der Waals surface area contributed by atoms with Crippen molar-refractivity contribution in [3.8, 4) is 0 Å². The monoisotopic (exact) mass is 387 g/mol. The molecule has 7 heteroatoms. The van der Waals surface area contributed by atoms with Crippen LogP contribution in [0, 0.1) is 16.0 Å². The summed E-state index contributed by atoms with van der Waals surface area (Å²) in [5, 5.41) is 10.8. The zero-order chi connectivity index (χ0) is 19.5.